The second kappa shape index (κ2) is 3.63. The minimum Gasteiger partial charge on any atom is -0.366 e. The van der Waals surface area contributed by atoms with E-state index in [1.807, 2.05) is 0 Å². The molecule has 0 fully saturated rings. The topological polar surface area (TPSA) is 15.8 Å². The summed E-state index contributed by atoms with van der Waals surface area (Å²) in [7, 11) is 0. The van der Waals surface area contributed by atoms with E-state index in [0.717, 1.165) is 0 Å². The van der Waals surface area contributed by atoms with Crippen LogP contribution in [0.15, 0.2) is 24.5 Å². The predicted molar refractivity (Wildman–Crippen MR) is 75.7 cm³/mol. The lowest BCUT2D eigenvalue weighted by Gasteiger charge is -2.30. The van der Waals surface area contributed by atoms with Gasteiger partial charge >= 0.3 is 0 Å². The van der Waals surface area contributed by atoms with E-state index < -0.39 is 0 Å². The van der Waals surface area contributed by atoms with Crippen LogP contribution < -0.4 is 0 Å². The number of benzene rings is 1. The lowest BCUT2D eigenvalue weighted by atomic mass is 9.74. The Morgan fingerprint density at radius 1 is 0.824 bits per heavy atom. The predicted octanol–water partition coefficient (Wildman–Crippen LogP) is 4.76. The molecule has 17 heavy (non-hydrogen) atoms. The van der Waals surface area contributed by atoms with E-state index in [2.05, 4.69) is 71.1 Å². The van der Waals surface area contributed by atoms with Gasteiger partial charge in [0.05, 0.1) is 0 Å². The molecule has 0 aliphatic carbocycles. The van der Waals surface area contributed by atoms with Crippen molar-refractivity contribution in [2.75, 3.05) is 0 Å². The van der Waals surface area contributed by atoms with Crippen LogP contribution in [-0.2, 0) is 10.8 Å². The fraction of sp³-hybridized carbons (Fsp3) is 0.500. The highest BCUT2D eigenvalue weighted by Crippen LogP contribution is 2.38. The van der Waals surface area contributed by atoms with Crippen molar-refractivity contribution in [1.29, 1.82) is 0 Å². The molecule has 92 valence electrons. The van der Waals surface area contributed by atoms with E-state index in [0.29, 0.717) is 0 Å². The van der Waals surface area contributed by atoms with Gasteiger partial charge in [0.2, 0.25) is 0 Å². The van der Waals surface area contributed by atoms with E-state index in [4.69, 9.17) is 0 Å². The first-order valence-corrected chi connectivity index (χ1v) is 6.32. The molecule has 0 unspecified atom stereocenters. The normalized spacial score (nSPS) is 13.3. The molecule has 0 amide bonds. The van der Waals surface area contributed by atoms with Crippen molar-refractivity contribution in [2.24, 2.45) is 0 Å². The quantitative estimate of drug-likeness (QED) is 0.670. The second-order valence-electron chi connectivity index (χ2n) is 6.95. The third-order valence-electron chi connectivity index (χ3n) is 3.30. The van der Waals surface area contributed by atoms with Gasteiger partial charge in [0.1, 0.15) is 0 Å². The van der Waals surface area contributed by atoms with Crippen molar-refractivity contribution in [3.63, 3.8) is 0 Å². The van der Waals surface area contributed by atoms with E-state index in [-0.39, 0.29) is 10.8 Å². The van der Waals surface area contributed by atoms with Gasteiger partial charge in [-0.3, -0.25) is 0 Å². The van der Waals surface area contributed by atoms with Crippen LogP contribution in [0.25, 0.3) is 10.8 Å². The van der Waals surface area contributed by atoms with Crippen LogP contribution in [0, 0.1) is 0 Å². The molecule has 1 aromatic heterocycles. The average Bonchev–Trinajstić information content (AvgIpc) is 2.59. The number of rotatable bonds is 0. The summed E-state index contributed by atoms with van der Waals surface area (Å²) in [6, 6.07) is 4.51. The molecule has 0 bridgehead atoms. The summed E-state index contributed by atoms with van der Waals surface area (Å²) in [5.41, 5.74) is 3.29. The molecular formula is C16H23N. The molecule has 0 saturated carbocycles. The van der Waals surface area contributed by atoms with Crippen LogP contribution in [0.5, 0.6) is 0 Å². The number of hydrogen-bond donors (Lipinski definition) is 1. The molecule has 0 atom stereocenters. The Morgan fingerprint density at radius 2 is 1.47 bits per heavy atom. The SMILES string of the molecule is CC(C)(C)c1ccc2c[nH]cc2c1C(C)(C)C. The lowest BCUT2D eigenvalue weighted by molar-refractivity contribution is 0.535. The minimum atomic E-state index is 0.171. The molecule has 2 aromatic rings. The Morgan fingerprint density at radius 3 is 2.00 bits per heavy atom. The molecule has 0 aliphatic heterocycles. The Labute approximate surface area is 104 Å². The number of fused-ring (bicyclic) bond motifs is 1. The maximum atomic E-state index is 3.23. The van der Waals surface area contributed by atoms with Gasteiger partial charge < -0.3 is 4.98 Å². The number of nitrogens with one attached hydrogen (secondary N) is 1. The van der Waals surface area contributed by atoms with E-state index in [1.54, 1.807) is 0 Å². The summed E-state index contributed by atoms with van der Waals surface area (Å²) in [5, 5.41) is 2.67. The maximum absolute atomic E-state index is 3.23. The van der Waals surface area contributed by atoms with Gasteiger partial charge in [-0.05, 0) is 27.3 Å². The number of aromatic nitrogens is 1. The summed E-state index contributed by atoms with van der Waals surface area (Å²) in [6.45, 7) is 13.8. The van der Waals surface area contributed by atoms with Gasteiger partial charge in [-0.1, -0.05) is 53.7 Å². The molecule has 0 saturated heterocycles. The van der Waals surface area contributed by atoms with Crippen molar-refractivity contribution in [1.82, 2.24) is 4.98 Å². The molecule has 0 spiro atoms. The van der Waals surface area contributed by atoms with Crippen LogP contribution in [0.1, 0.15) is 52.7 Å². The first-order valence-electron chi connectivity index (χ1n) is 6.32. The van der Waals surface area contributed by atoms with Gasteiger partial charge in [-0.15, -0.1) is 0 Å². The van der Waals surface area contributed by atoms with Gasteiger partial charge in [0, 0.05) is 17.8 Å². The van der Waals surface area contributed by atoms with E-state index >= 15 is 0 Å². The molecule has 2 rings (SSSR count). The summed E-state index contributed by atoms with van der Waals surface area (Å²) in [5.74, 6) is 0. The highest BCUT2D eigenvalue weighted by atomic mass is 14.6. The smallest absolute Gasteiger partial charge is 0.00874 e. The summed E-state index contributed by atoms with van der Waals surface area (Å²) in [6.07, 6.45) is 4.21. The summed E-state index contributed by atoms with van der Waals surface area (Å²) in [4.78, 5) is 3.23. The first kappa shape index (κ1) is 12.2. The van der Waals surface area contributed by atoms with E-state index in [9.17, 15) is 0 Å². The summed E-state index contributed by atoms with van der Waals surface area (Å²) >= 11 is 0. The average molecular weight is 229 g/mol. The molecule has 1 heterocycles. The Bertz CT molecular complexity index is 533. The van der Waals surface area contributed by atoms with Crippen LogP contribution >= 0.6 is 0 Å². The van der Waals surface area contributed by atoms with Crippen molar-refractivity contribution in [3.8, 4) is 0 Å². The van der Waals surface area contributed by atoms with Gasteiger partial charge in [0.15, 0.2) is 0 Å². The monoisotopic (exact) mass is 229 g/mol. The highest BCUT2D eigenvalue weighted by Gasteiger charge is 2.26. The fourth-order valence-electron chi connectivity index (χ4n) is 2.56. The Hall–Kier alpha value is -1.24. The van der Waals surface area contributed by atoms with Crippen molar-refractivity contribution >= 4 is 10.8 Å². The molecule has 0 aliphatic rings. The van der Waals surface area contributed by atoms with Crippen LogP contribution in [0.2, 0.25) is 0 Å². The number of hydrogen-bond acceptors (Lipinski definition) is 0. The molecular weight excluding hydrogens is 206 g/mol. The van der Waals surface area contributed by atoms with Crippen LogP contribution in [-0.4, -0.2) is 4.98 Å². The number of H-pyrrole nitrogens is 1. The molecule has 0 radical (unpaired) electrons. The fourth-order valence-corrected chi connectivity index (χ4v) is 2.56. The third-order valence-corrected chi connectivity index (χ3v) is 3.30. The van der Waals surface area contributed by atoms with E-state index in [1.165, 1.54) is 21.9 Å². The number of aromatic amines is 1. The van der Waals surface area contributed by atoms with Gasteiger partial charge in [0.25, 0.3) is 0 Å². The molecule has 1 nitrogen and oxygen atoms in total. The van der Waals surface area contributed by atoms with Crippen molar-refractivity contribution < 1.29 is 0 Å². The largest absolute Gasteiger partial charge is 0.366 e. The van der Waals surface area contributed by atoms with Crippen molar-refractivity contribution in [2.45, 2.75) is 52.4 Å². The highest BCUT2D eigenvalue weighted by molar-refractivity contribution is 5.87. The van der Waals surface area contributed by atoms with Crippen LogP contribution in [0.4, 0.5) is 0 Å². The zero-order valence-corrected chi connectivity index (χ0v) is 11.8. The lowest BCUT2D eigenvalue weighted by Crippen LogP contribution is -2.22. The maximum Gasteiger partial charge on any atom is 0.00874 e. The van der Waals surface area contributed by atoms with Gasteiger partial charge in [-0.2, -0.15) is 0 Å². The van der Waals surface area contributed by atoms with Gasteiger partial charge in [-0.25, -0.2) is 0 Å². The third kappa shape index (κ3) is 2.11. The Kier molecular flexibility index (Phi) is 2.61. The van der Waals surface area contributed by atoms with Crippen molar-refractivity contribution in [3.05, 3.63) is 35.7 Å². The molecule has 1 heteroatoms. The zero-order chi connectivity index (χ0) is 12.8. The first-order chi connectivity index (χ1) is 7.71. The standard InChI is InChI=1S/C16H23N/c1-15(2,3)13-8-7-11-9-17-10-12(11)14(13)16(4,5)6/h7-10,17H,1-6H3. The minimum absolute atomic E-state index is 0.171. The zero-order valence-electron chi connectivity index (χ0n) is 11.8. The van der Waals surface area contributed by atoms with Crippen LogP contribution in [0.3, 0.4) is 0 Å². The Balaban J connectivity index is 2.85. The molecule has 1 N–H and O–H groups in total. The molecule has 1 aromatic carbocycles. The summed E-state index contributed by atoms with van der Waals surface area (Å²) < 4.78 is 0. The second-order valence-corrected chi connectivity index (χ2v) is 6.95.